The van der Waals surface area contributed by atoms with Crippen LogP contribution in [0, 0.1) is 17.7 Å². The first-order chi connectivity index (χ1) is 8.00. The van der Waals surface area contributed by atoms with E-state index in [0.29, 0.717) is 5.69 Å². The molecule has 1 aliphatic rings. The van der Waals surface area contributed by atoms with Gasteiger partial charge in [-0.25, -0.2) is 4.39 Å². The molecule has 1 heterocycles. The first kappa shape index (κ1) is 12.5. The Balaban J connectivity index is 2.15. The molecule has 0 spiro atoms. The number of rotatable bonds is 2. The Kier molecular flexibility index (Phi) is 3.48. The van der Waals surface area contributed by atoms with Crippen LogP contribution in [-0.4, -0.2) is 10.1 Å². The van der Waals surface area contributed by atoms with Gasteiger partial charge in [0.2, 0.25) is 0 Å². The minimum atomic E-state index is -0.937. The van der Waals surface area contributed by atoms with Crippen LogP contribution in [0.25, 0.3) is 0 Å². The van der Waals surface area contributed by atoms with E-state index in [1.165, 1.54) is 12.3 Å². The summed E-state index contributed by atoms with van der Waals surface area (Å²) < 4.78 is 12.8. The minimum Gasteiger partial charge on any atom is -0.384 e. The zero-order chi connectivity index (χ0) is 12.5. The van der Waals surface area contributed by atoms with Crippen molar-refractivity contribution in [2.24, 2.45) is 11.8 Å². The number of nitrogens with zero attached hydrogens (tertiary/aromatic N) is 1. The summed E-state index contributed by atoms with van der Waals surface area (Å²) in [6.45, 7) is 4.05. The Morgan fingerprint density at radius 1 is 1.29 bits per heavy atom. The van der Waals surface area contributed by atoms with Crippen molar-refractivity contribution in [3.63, 3.8) is 0 Å². The van der Waals surface area contributed by atoms with Gasteiger partial charge in [0.1, 0.15) is 11.4 Å². The molecule has 2 rings (SSSR count). The third-order valence-electron chi connectivity index (χ3n) is 4.06. The normalized spacial score (nSPS) is 28.7. The summed E-state index contributed by atoms with van der Waals surface area (Å²) in [6.07, 6.45) is 5.53. The number of hydrogen-bond donors (Lipinski definition) is 1. The van der Waals surface area contributed by atoms with E-state index in [1.807, 2.05) is 0 Å². The molecule has 1 aromatic rings. The van der Waals surface area contributed by atoms with Crippen LogP contribution in [-0.2, 0) is 5.60 Å². The molecule has 1 aromatic heterocycles. The van der Waals surface area contributed by atoms with Crippen LogP contribution in [0.15, 0.2) is 18.3 Å². The molecule has 1 saturated carbocycles. The molecule has 0 amide bonds. The topological polar surface area (TPSA) is 33.1 Å². The summed E-state index contributed by atoms with van der Waals surface area (Å²) >= 11 is 0. The van der Waals surface area contributed by atoms with Gasteiger partial charge in [-0.1, -0.05) is 19.8 Å². The summed E-state index contributed by atoms with van der Waals surface area (Å²) in [6, 6.07) is 2.95. The largest absolute Gasteiger partial charge is 0.384 e. The summed E-state index contributed by atoms with van der Waals surface area (Å²) in [7, 11) is 0. The Bertz CT molecular complexity index is 366. The Morgan fingerprint density at radius 2 is 1.94 bits per heavy atom. The highest BCUT2D eigenvalue weighted by Crippen LogP contribution is 2.39. The average Bonchev–Trinajstić information content (AvgIpc) is 2.30. The molecule has 0 radical (unpaired) electrons. The van der Waals surface area contributed by atoms with Crippen molar-refractivity contribution in [1.29, 1.82) is 0 Å². The SMILES string of the molecule is CC1CCC(C(C)(O)c2ccc(F)cn2)CC1. The summed E-state index contributed by atoms with van der Waals surface area (Å²) in [5, 5.41) is 10.6. The molecule has 0 aromatic carbocycles. The average molecular weight is 237 g/mol. The molecule has 1 aliphatic carbocycles. The lowest BCUT2D eigenvalue weighted by Crippen LogP contribution is -2.35. The molecule has 1 atom stereocenters. The van der Waals surface area contributed by atoms with Crippen molar-refractivity contribution in [3.8, 4) is 0 Å². The maximum atomic E-state index is 12.8. The lowest BCUT2D eigenvalue weighted by atomic mass is 9.73. The van der Waals surface area contributed by atoms with E-state index in [4.69, 9.17) is 0 Å². The molecule has 1 fully saturated rings. The van der Waals surface area contributed by atoms with Crippen molar-refractivity contribution < 1.29 is 9.50 Å². The smallest absolute Gasteiger partial charge is 0.141 e. The van der Waals surface area contributed by atoms with Gasteiger partial charge in [0, 0.05) is 0 Å². The third-order valence-corrected chi connectivity index (χ3v) is 4.06. The van der Waals surface area contributed by atoms with E-state index >= 15 is 0 Å². The van der Waals surface area contributed by atoms with Crippen LogP contribution in [0.5, 0.6) is 0 Å². The lowest BCUT2D eigenvalue weighted by molar-refractivity contribution is -0.0300. The standard InChI is InChI=1S/C14H20FNO/c1-10-3-5-11(6-4-10)14(2,17)13-8-7-12(15)9-16-13/h7-11,17H,3-6H2,1-2H3. The molecule has 1 N–H and O–H groups in total. The summed E-state index contributed by atoms with van der Waals surface area (Å²) in [5.41, 5.74) is -0.355. The van der Waals surface area contributed by atoms with Gasteiger partial charge in [0.25, 0.3) is 0 Å². The molecule has 2 nitrogen and oxygen atoms in total. The highest BCUT2D eigenvalue weighted by molar-refractivity contribution is 5.14. The predicted molar refractivity (Wildman–Crippen MR) is 64.9 cm³/mol. The molecular weight excluding hydrogens is 217 g/mol. The second-order valence-electron chi connectivity index (χ2n) is 5.47. The maximum Gasteiger partial charge on any atom is 0.141 e. The van der Waals surface area contributed by atoms with E-state index in [9.17, 15) is 9.50 Å². The molecule has 17 heavy (non-hydrogen) atoms. The fraction of sp³-hybridized carbons (Fsp3) is 0.643. The molecule has 0 saturated heterocycles. The second-order valence-corrected chi connectivity index (χ2v) is 5.47. The Labute approximate surface area is 102 Å². The molecular formula is C14H20FNO. The van der Waals surface area contributed by atoms with Crippen molar-refractivity contribution in [2.75, 3.05) is 0 Å². The highest BCUT2D eigenvalue weighted by Gasteiger charge is 2.36. The fourth-order valence-electron chi connectivity index (χ4n) is 2.71. The zero-order valence-corrected chi connectivity index (χ0v) is 10.5. The van der Waals surface area contributed by atoms with Gasteiger partial charge < -0.3 is 5.11 Å². The van der Waals surface area contributed by atoms with Crippen molar-refractivity contribution in [3.05, 3.63) is 29.8 Å². The minimum absolute atomic E-state index is 0.233. The van der Waals surface area contributed by atoms with Crippen LogP contribution in [0.4, 0.5) is 4.39 Å². The number of hydrogen-bond acceptors (Lipinski definition) is 2. The van der Waals surface area contributed by atoms with Gasteiger partial charge in [-0.3, -0.25) is 4.98 Å². The number of aliphatic hydroxyl groups is 1. The predicted octanol–water partition coefficient (Wildman–Crippen LogP) is 3.25. The lowest BCUT2D eigenvalue weighted by Gasteiger charge is -2.36. The van der Waals surface area contributed by atoms with E-state index in [2.05, 4.69) is 11.9 Å². The Morgan fingerprint density at radius 3 is 2.47 bits per heavy atom. The van der Waals surface area contributed by atoms with E-state index < -0.39 is 5.60 Å². The van der Waals surface area contributed by atoms with Crippen LogP contribution in [0.2, 0.25) is 0 Å². The van der Waals surface area contributed by atoms with Crippen molar-refractivity contribution in [1.82, 2.24) is 4.98 Å². The van der Waals surface area contributed by atoms with Gasteiger partial charge in [-0.15, -0.1) is 0 Å². The first-order valence-electron chi connectivity index (χ1n) is 6.34. The van der Waals surface area contributed by atoms with E-state index in [-0.39, 0.29) is 11.7 Å². The van der Waals surface area contributed by atoms with Crippen molar-refractivity contribution >= 4 is 0 Å². The van der Waals surface area contributed by atoms with Crippen molar-refractivity contribution in [2.45, 2.75) is 45.1 Å². The van der Waals surface area contributed by atoms with Crippen LogP contribution in [0.3, 0.4) is 0 Å². The quantitative estimate of drug-likeness (QED) is 0.856. The number of halogens is 1. The molecule has 0 aliphatic heterocycles. The number of aromatic nitrogens is 1. The second kappa shape index (κ2) is 4.73. The van der Waals surface area contributed by atoms with Gasteiger partial charge in [-0.05, 0) is 43.7 Å². The summed E-state index contributed by atoms with van der Waals surface area (Å²) in [4.78, 5) is 4.02. The fourth-order valence-corrected chi connectivity index (χ4v) is 2.71. The van der Waals surface area contributed by atoms with E-state index in [1.54, 1.807) is 13.0 Å². The van der Waals surface area contributed by atoms with Gasteiger partial charge >= 0.3 is 0 Å². The number of pyridine rings is 1. The van der Waals surface area contributed by atoms with Crippen LogP contribution < -0.4 is 0 Å². The van der Waals surface area contributed by atoms with Gasteiger partial charge in [0.05, 0.1) is 11.9 Å². The molecule has 1 unspecified atom stereocenters. The molecule has 0 bridgehead atoms. The Hall–Kier alpha value is -0.960. The molecule has 3 heteroatoms. The van der Waals surface area contributed by atoms with E-state index in [0.717, 1.165) is 31.6 Å². The summed E-state index contributed by atoms with van der Waals surface area (Å²) in [5.74, 6) is 0.627. The van der Waals surface area contributed by atoms with Gasteiger partial charge in [-0.2, -0.15) is 0 Å². The first-order valence-corrected chi connectivity index (χ1v) is 6.34. The highest BCUT2D eigenvalue weighted by atomic mass is 19.1. The van der Waals surface area contributed by atoms with Crippen LogP contribution >= 0.6 is 0 Å². The van der Waals surface area contributed by atoms with Gasteiger partial charge in [0.15, 0.2) is 0 Å². The van der Waals surface area contributed by atoms with Crippen LogP contribution in [0.1, 0.15) is 45.2 Å². The molecule has 94 valence electrons. The maximum absolute atomic E-state index is 12.8. The third kappa shape index (κ3) is 2.65. The zero-order valence-electron chi connectivity index (χ0n) is 10.5. The monoisotopic (exact) mass is 237 g/mol.